The van der Waals surface area contributed by atoms with Gasteiger partial charge in [-0.2, -0.15) is 0 Å². The van der Waals surface area contributed by atoms with Crippen molar-refractivity contribution in [2.45, 2.75) is 6.04 Å². The molecule has 9 heteroatoms. The van der Waals surface area contributed by atoms with Gasteiger partial charge in [-0.25, -0.2) is 0 Å². The molecule has 27 heavy (non-hydrogen) atoms. The number of furan rings is 1. The Hall–Kier alpha value is -2.38. The zero-order valence-corrected chi connectivity index (χ0v) is 15.9. The Bertz CT molecular complexity index is 958. The molecule has 1 atom stereocenters. The van der Waals surface area contributed by atoms with Gasteiger partial charge in [-0.3, -0.25) is 9.78 Å². The summed E-state index contributed by atoms with van der Waals surface area (Å²) < 4.78 is 5.29. The number of amides is 1. The van der Waals surface area contributed by atoms with E-state index in [4.69, 9.17) is 44.6 Å². The normalized spacial score (nSPS) is 11.4. The van der Waals surface area contributed by atoms with Crippen molar-refractivity contribution >= 4 is 46.9 Å². The lowest BCUT2D eigenvalue weighted by Gasteiger charge is -2.19. The molecular weight excluding hydrogens is 413 g/mol. The molecule has 1 amide bonds. The minimum Gasteiger partial charge on any atom is -0.450 e. The smallest absolute Gasteiger partial charge is 0.287 e. The summed E-state index contributed by atoms with van der Waals surface area (Å²) in [5.74, 6) is -0.0840. The average molecular weight is 427 g/mol. The van der Waals surface area contributed by atoms with Crippen LogP contribution in [0.3, 0.4) is 0 Å². The van der Waals surface area contributed by atoms with Crippen molar-refractivity contribution < 1.29 is 14.7 Å². The average Bonchev–Trinajstić information content (AvgIpc) is 3.12. The molecule has 3 rings (SSSR count). The van der Waals surface area contributed by atoms with Crippen LogP contribution in [0, 0.1) is 5.41 Å². The van der Waals surface area contributed by atoms with Gasteiger partial charge in [0.15, 0.2) is 5.76 Å². The van der Waals surface area contributed by atoms with E-state index in [1.54, 1.807) is 30.3 Å². The third kappa shape index (κ3) is 4.87. The van der Waals surface area contributed by atoms with Gasteiger partial charge >= 0.3 is 0 Å². The Labute approximate surface area is 169 Å². The molecule has 0 saturated heterocycles. The maximum atomic E-state index is 12.6. The number of carbonyl (C=O) groups is 1. The van der Waals surface area contributed by atoms with Gasteiger partial charge in [0.05, 0.1) is 33.0 Å². The molecule has 0 bridgehead atoms. The number of nitrogens with one attached hydrogen (secondary N) is 2. The number of carbonyl (C=O) groups excluding carboxylic acids is 1. The Kier molecular flexibility index (Phi) is 6.98. The molecule has 3 aromatic rings. The van der Waals surface area contributed by atoms with Crippen molar-refractivity contribution in [3.8, 4) is 0 Å². The van der Waals surface area contributed by atoms with Crippen molar-refractivity contribution in [2.24, 2.45) is 0 Å². The fourth-order valence-corrected chi connectivity index (χ4v) is 2.75. The van der Waals surface area contributed by atoms with E-state index < -0.39 is 11.9 Å². The largest absolute Gasteiger partial charge is 0.450 e. The predicted octanol–water partition coefficient (Wildman–Crippen LogP) is 4.33. The number of hydrogen-bond donors (Lipinski definition) is 2. The molecule has 0 spiro atoms. The topological polar surface area (TPSA) is 110 Å². The second kappa shape index (κ2) is 9.01. The number of halogens is 3. The summed E-state index contributed by atoms with van der Waals surface area (Å²) in [5.41, 5.74) is 1.27. The monoisotopic (exact) mass is 425 g/mol. The van der Waals surface area contributed by atoms with Crippen LogP contribution in [-0.2, 0) is 0 Å². The summed E-state index contributed by atoms with van der Waals surface area (Å²) in [6.07, 6.45) is 2.52. The predicted molar refractivity (Wildman–Crippen MR) is 105 cm³/mol. The lowest BCUT2D eigenvalue weighted by molar-refractivity contribution is 0.0914. The van der Waals surface area contributed by atoms with Gasteiger partial charge in [0.25, 0.3) is 5.91 Å². The maximum absolute atomic E-state index is 12.6. The van der Waals surface area contributed by atoms with Crippen LogP contribution in [0.25, 0.3) is 0 Å². The van der Waals surface area contributed by atoms with Crippen LogP contribution in [0.4, 0.5) is 0 Å². The molecule has 140 valence electrons. The van der Waals surface area contributed by atoms with Crippen molar-refractivity contribution in [2.75, 3.05) is 0 Å². The van der Waals surface area contributed by atoms with Crippen molar-refractivity contribution in [3.63, 3.8) is 0 Å². The molecule has 1 aromatic carbocycles. The highest BCUT2D eigenvalue weighted by molar-refractivity contribution is 6.42. The highest BCUT2D eigenvalue weighted by Crippen LogP contribution is 2.29. The number of aromatic nitrogens is 1. The van der Waals surface area contributed by atoms with E-state index in [9.17, 15) is 4.79 Å². The second-order valence-corrected chi connectivity index (χ2v) is 6.58. The van der Waals surface area contributed by atoms with Crippen LogP contribution >= 0.6 is 34.8 Å². The number of benzene rings is 1. The Balaban J connectivity index is 0.00000261. The summed E-state index contributed by atoms with van der Waals surface area (Å²) in [7, 11) is 0. The van der Waals surface area contributed by atoms with E-state index in [1.807, 2.05) is 0 Å². The first-order valence-electron chi connectivity index (χ1n) is 7.45. The van der Waals surface area contributed by atoms with E-state index in [-0.39, 0.29) is 17.0 Å². The molecule has 0 radical (unpaired) electrons. The molecule has 4 N–H and O–H groups in total. The zero-order chi connectivity index (χ0) is 18.7. The van der Waals surface area contributed by atoms with E-state index in [0.717, 1.165) is 6.21 Å². The molecule has 6 nitrogen and oxygen atoms in total. The van der Waals surface area contributed by atoms with Crippen molar-refractivity contribution in [1.82, 2.24) is 10.3 Å². The molecular formula is C18H14Cl3N3O3. The fourth-order valence-electron chi connectivity index (χ4n) is 2.33. The summed E-state index contributed by atoms with van der Waals surface area (Å²) in [5, 5.41) is 11.3. The lowest BCUT2D eigenvalue weighted by Crippen LogP contribution is -2.29. The Morgan fingerprint density at radius 2 is 1.89 bits per heavy atom. The van der Waals surface area contributed by atoms with Gasteiger partial charge in [-0.15, -0.1) is 0 Å². The second-order valence-electron chi connectivity index (χ2n) is 5.33. The summed E-state index contributed by atoms with van der Waals surface area (Å²) in [6.45, 7) is 0. The quantitative estimate of drug-likeness (QED) is 0.592. The number of pyridine rings is 1. The highest BCUT2D eigenvalue weighted by atomic mass is 35.5. The Morgan fingerprint density at radius 3 is 2.48 bits per heavy atom. The van der Waals surface area contributed by atoms with Gasteiger partial charge in [-0.05, 0) is 42.0 Å². The SMILES string of the molecule is N=Cc1ccc(C(=O)N[C@@H](c2ccc(Cl)c(Cl)c2)c2ccc(Cl)cn2)o1.O. The third-order valence-electron chi connectivity index (χ3n) is 3.59. The van der Waals surface area contributed by atoms with E-state index in [2.05, 4.69) is 10.3 Å². The first-order valence-corrected chi connectivity index (χ1v) is 8.59. The fraction of sp³-hybridized carbons (Fsp3) is 0.0556. The van der Waals surface area contributed by atoms with Crippen LogP contribution in [0.1, 0.15) is 33.6 Å². The van der Waals surface area contributed by atoms with Crippen molar-refractivity contribution in [3.05, 3.63) is 86.5 Å². The minimum absolute atomic E-state index is 0. The van der Waals surface area contributed by atoms with E-state index in [1.165, 1.54) is 18.3 Å². The van der Waals surface area contributed by atoms with Gasteiger partial charge < -0.3 is 20.6 Å². The van der Waals surface area contributed by atoms with Gasteiger partial charge in [-0.1, -0.05) is 40.9 Å². The van der Waals surface area contributed by atoms with E-state index >= 15 is 0 Å². The van der Waals surface area contributed by atoms with Crippen LogP contribution in [0.15, 0.2) is 53.1 Å². The number of hydrogen-bond acceptors (Lipinski definition) is 4. The highest BCUT2D eigenvalue weighted by Gasteiger charge is 2.21. The molecule has 0 unspecified atom stereocenters. The van der Waals surface area contributed by atoms with Crippen molar-refractivity contribution in [1.29, 1.82) is 5.41 Å². The van der Waals surface area contributed by atoms with Crippen LogP contribution in [0.5, 0.6) is 0 Å². The summed E-state index contributed by atoms with van der Waals surface area (Å²) >= 11 is 18.0. The van der Waals surface area contributed by atoms with Gasteiger partial charge in [0.1, 0.15) is 5.76 Å². The molecule has 0 saturated carbocycles. The summed E-state index contributed by atoms with van der Waals surface area (Å²) in [4.78, 5) is 16.8. The zero-order valence-electron chi connectivity index (χ0n) is 13.7. The van der Waals surface area contributed by atoms with Crippen LogP contribution < -0.4 is 5.32 Å². The van der Waals surface area contributed by atoms with Gasteiger partial charge in [0.2, 0.25) is 0 Å². The first-order chi connectivity index (χ1) is 12.5. The van der Waals surface area contributed by atoms with Crippen LogP contribution in [-0.4, -0.2) is 22.6 Å². The minimum atomic E-state index is -0.594. The van der Waals surface area contributed by atoms with Gasteiger partial charge in [0, 0.05) is 6.20 Å². The molecule has 0 fully saturated rings. The number of nitrogens with zero attached hydrogens (tertiary/aromatic N) is 1. The van der Waals surface area contributed by atoms with E-state index in [0.29, 0.717) is 26.3 Å². The molecule has 2 heterocycles. The van der Waals surface area contributed by atoms with Crippen LogP contribution in [0.2, 0.25) is 15.1 Å². The summed E-state index contributed by atoms with van der Waals surface area (Å²) in [6, 6.07) is 10.9. The first kappa shape index (κ1) is 20.9. The number of rotatable bonds is 5. The molecule has 0 aliphatic heterocycles. The lowest BCUT2D eigenvalue weighted by atomic mass is 10.0. The molecule has 2 aromatic heterocycles. The third-order valence-corrected chi connectivity index (χ3v) is 4.55. The molecule has 0 aliphatic carbocycles. The standard InChI is InChI=1S/C18H12Cl3N3O2.H2O/c19-11-2-5-15(23-9-11)17(10-1-4-13(20)14(21)7-10)24-18(25)16-6-3-12(8-22)26-16;/h1-9,17,22H,(H,24,25);1H2/t17-;/m0./s1. The molecule has 0 aliphatic rings. The Morgan fingerprint density at radius 1 is 1.11 bits per heavy atom. The maximum Gasteiger partial charge on any atom is 0.287 e.